The van der Waals surface area contributed by atoms with Crippen molar-refractivity contribution < 1.29 is 13.2 Å². The molecular formula is C12H20F3N3. The lowest BCUT2D eigenvalue weighted by Crippen LogP contribution is -2.29. The number of hydrogen-bond acceptors (Lipinski definition) is 2. The van der Waals surface area contributed by atoms with Crippen LogP contribution in [0.5, 0.6) is 0 Å². The Hall–Kier alpha value is -1.04. The van der Waals surface area contributed by atoms with E-state index in [2.05, 4.69) is 10.4 Å². The Morgan fingerprint density at radius 1 is 1.33 bits per heavy atom. The van der Waals surface area contributed by atoms with Crippen LogP contribution in [-0.4, -0.2) is 29.0 Å². The Kier molecular flexibility index (Phi) is 4.78. The van der Waals surface area contributed by atoms with E-state index in [1.807, 2.05) is 20.9 Å². The van der Waals surface area contributed by atoms with Gasteiger partial charge in [-0.3, -0.25) is 4.68 Å². The van der Waals surface area contributed by atoms with Crippen molar-refractivity contribution in [2.45, 2.75) is 45.3 Å². The number of hydrogen-bond donors (Lipinski definition) is 1. The highest BCUT2D eigenvalue weighted by atomic mass is 19.4. The molecule has 0 saturated carbocycles. The summed E-state index contributed by atoms with van der Waals surface area (Å²) in [6.45, 7) is 3.82. The lowest BCUT2D eigenvalue weighted by molar-refractivity contribution is -0.136. The minimum atomic E-state index is -4.09. The van der Waals surface area contributed by atoms with Gasteiger partial charge in [0.05, 0.1) is 5.69 Å². The normalized spacial score (nSPS) is 13.9. The van der Waals surface area contributed by atoms with Gasteiger partial charge in [0, 0.05) is 25.2 Å². The summed E-state index contributed by atoms with van der Waals surface area (Å²) in [5.41, 5.74) is 2.95. The maximum absolute atomic E-state index is 12.2. The monoisotopic (exact) mass is 263 g/mol. The number of alkyl halides is 3. The van der Waals surface area contributed by atoms with Crippen molar-refractivity contribution in [3.63, 3.8) is 0 Å². The van der Waals surface area contributed by atoms with Gasteiger partial charge in [0.15, 0.2) is 0 Å². The Morgan fingerprint density at radius 2 is 1.94 bits per heavy atom. The summed E-state index contributed by atoms with van der Waals surface area (Å²) < 4.78 is 38.4. The molecule has 1 N–H and O–H groups in total. The van der Waals surface area contributed by atoms with Crippen LogP contribution in [0.1, 0.15) is 29.8 Å². The summed E-state index contributed by atoms with van der Waals surface area (Å²) in [5, 5.41) is 7.22. The molecule has 0 aliphatic carbocycles. The number of aromatic nitrogens is 2. The number of aryl methyl sites for hydroxylation is 2. The van der Waals surface area contributed by atoms with Gasteiger partial charge in [-0.1, -0.05) is 0 Å². The van der Waals surface area contributed by atoms with Gasteiger partial charge in [-0.25, -0.2) is 0 Å². The van der Waals surface area contributed by atoms with Gasteiger partial charge in [-0.15, -0.1) is 0 Å². The zero-order valence-electron chi connectivity index (χ0n) is 11.2. The van der Waals surface area contributed by atoms with Crippen molar-refractivity contribution in [2.75, 3.05) is 7.05 Å². The fourth-order valence-corrected chi connectivity index (χ4v) is 2.05. The first-order chi connectivity index (χ1) is 8.24. The van der Waals surface area contributed by atoms with Crippen LogP contribution in [0.3, 0.4) is 0 Å². The molecule has 18 heavy (non-hydrogen) atoms. The molecule has 1 atom stereocenters. The summed E-state index contributed by atoms with van der Waals surface area (Å²) in [6, 6.07) is -0.173. The van der Waals surface area contributed by atoms with Gasteiger partial charge in [0.2, 0.25) is 0 Å². The molecule has 1 aromatic rings. The first-order valence-electron chi connectivity index (χ1n) is 5.97. The van der Waals surface area contributed by atoms with E-state index in [0.717, 1.165) is 17.0 Å². The van der Waals surface area contributed by atoms with Gasteiger partial charge in [0.25, 0.3) is 0 Å². The third-order valence-corrected chi connectivity index (χ3v) is 3.29. The average molecular weight is 263 g/mol. The number of rotatable bonds is 5. The van der Waals surface area contributed by atoms with Crippen molar-refractivity contribution in [3.05, 3.63) is 17.0 Å². The fourth-order valence-electron chi connectivity index (χ4n) is 2.05. The summed E-state index contributed by atoms with van der Waals surface area (Å²) >= 11 is 0. The first-order valence-corrected chi connectivity index (χ1v) is 5.97. The van der Waals surface area contributed by atoms with Gasteiger partial charge in [-0.2, -0.15) is 18.3 Å². The SMILES string of the molecule is CNC(CCC(F)(F)F)Cc1c(C)nn(C)c1C. The highest BCUT2D eigenvalue weighted by Gasteiger charge is 2.28. The second kappa shape index (κ2) is 5.73. The van der Waals surface area contributed by atoms with E-state index in [4.69, 9.17) is 0 Å². The van der Waals surface area contributed by atoms with Gasteiger partial charge in [0.1, 0.15) is 0 Å². The van der Waals surface area contributed by atoms with Crippen LogP contribution in [0.15, 0.2) is 0 Å². The van der Waals surface area contributed by atoms with E-state index in [-0.39, 0.29) is 12.5 Å². The summed E-state index contributed by atoms with van der Waals surface area (Å²) in [5.74, 6) is 0. The van der Waals surface area contributed by atoms with E-state index in [1.54, 1.807) is 11.7 Å². The molecule has 1 heterocycles. The largest absolute Gasteiger partial charge is 0.389 e. The van der Waals surface area contributed by atoms with Gasteiger partial charge < -0.3 is 5.32 Å². The smallest absolute Gasteiger partial charge is 0.317 e. The summed E-state index contributed by atoms with van der Waals surface area (Å²) in [4.78, 5) is 0. The molecule has 1 aromatic heterocycles. The maximum Gasteiger partial charge on any atom is 0.389 e. The number of nitrogens with one attached hydrogen (secondary N) is 1. The molecule has 1 unspecified atom stereocenters. The van der Waals surface area contributed by atoms with E-state index in [0.29, 0.717) is 6.42 Å². The molecule has 0 bridgehead atoms. The molecular weight excluding hydrogens is 243 g/mol. The zero-order valence-corrected chi connectivity index (χ0v) is 11.2. The molecule has 104 valence electrons. The number of likely N-dealkylation sites (N-methyl/N-ethyl adjacent to an activating group) is 1. The molecule has 0 saturated heterocycles. The highest BCUT2D eigenvalue weighted by molar-refractivity contribution is 5.25. The van der Waals surface area contributed by atoms with Crippen LogP contribution in [0.25, 0.3) is 0 Å². The molecule has 6 heteroatoms. The third kappa shape index (κ3) is 4.01. The van der Waals surface area contributed by atoms with Crippen molar-refractivity contribution >= 4 is 0 Å². The lowest BCUT2D eigenvalue weighted by Gasteiger charge is -2.17. The van der Waals surface area contributed by atoms with Crippen LogP contribution in [0.4, 0.5) is 13.2 Å². The van der Waals surface area contributed by atoms with E-state index in [9.17, 15) is 13.2 Å². The summed E-state index contributed by atoms with van der Waals surface area (Å²) in [7, 11) is 3.54. The van der Waals surface area contributed by atoms with Crippen molar-refractivity contribution in [2.24, 2.45) is 7.05 Å². The highest BCUT2D eigenvalue weighted by Crippen LogP contribution is 2.24. The molecule has 0 amide bonds. The third-order valence-electron chi connectivity index (χ3n) is 3.29. The van der Waals surface area contributed by atoms with E-state index >= 15 is 0 Å². The van der Waals surface area contributed by atoms with E-state index < -0.39 is 12.6 Å². The second-order valence-electron chi connectivity index (χ2n) is 4.62. The first kappa shape index (κ1) is 15.0. The van der Waals surface area contributed by atoms with Crippen LogP contribution in [0.2, 0.25) is 0 Å². The van der Waals surface area contributed by atoms with Crippen LogP contribution in [-0.2, 0) is 13.5 Å². The Labute approximate surface area is 105 Å². The zero-order chi connectivity index (χ0) is 13.9. The predicted molar refractivity (Wildman–Crippen MR) is 64.5 cm³/mol. The Balaban J connectivity index is 2.68. The molecule has 0 spiro atoms. The van der Waals surface area contributed by atoms with Crippen molar-refractivity contribution in [3.8, 4) is 0 Å². The molecule has 1 rings (SSSR count). The topological polar surface area (TPSA) is 29.9 Å². The predicted octanol–water partition coefficient (Wildman–Crippen LogP) is 2.51. The standard InChI is InChI=1S/C12H20F3N3/c1-8-11(9(2)18(4)17-8)7-10(16-3)5-6-12(13,14)15/h10,16H,5-7H2,1-4H3. The molecule has 0 fully saturated rings. The van der Waals surface area contributed by atoms with E-state index in [1.165, 1.54) is 0 Å². The Morgan fingerprint density at radius 3 is 2.33 bits per heavy atom. The molecule has 0 aromatic carbocycles. The van der Waals surface area contributed by atoms with Crippen LogP contribution < -0.4 is 5.32 Å². The second-order valence-corrected chi connectivity index (χ2v) is 4.62. The quantitative estimate of drug-likeness (QED) is 0.884. The molecule has 0 aliphatic rings. The van der Waals surface area contributed by atoms with Gasteiger partial charge in [-0.05, 0) is 39.3 Å². The molecule has 0 aliphatic heterocycles. The average Bonchev–Trinajstić information content (AvgIpc) is 2.48. The number of halogens is 3. The minimum absolute atomic E-state index is 0.0910. The van der Waals surface area contributed by atoms with Crippen molar-refractivity contribution in [1.29, 1.82) is 0 Å². The Bertz CT molecular complexity index is 396. The maximum atomic E-state index is 12.2. The fraction of sp³-hybridized carbons (Fsp3) is 0.750. The van der Waals surface area contributed by atoms with Crippen LogP contribution in [0, 0.1) is 13.8 Å². The van der Waals surface area contributed by atoms with Gasteiger partial charge >= 0.3 is 6.18 Å². The minimum Gasteiger partial charge on any atom is -0.317 e. The van der Waals surface area contributed by atoms with Crippen LogP contribution >= 0.6 is 0 Å². The molecule has 0 radical (unpaired) electrons. The lowest BCUT2D eigenvalue weighted by atomic mass is 10.0. The number of nitrogens with zero attached hydrogens (tertiary/aromatic N) is 2. The molecule has 3 nitrogen and oxygen atoms in total. The van der Waals surface area contributed by atoms with Crippen molar-refractivity contribution in [1.82, 2.24) is 15.1 Å². The summed E-state index contributed by atoms with van der Waals surface area (Å²) in [6.07, 6.45) is -4.17.